The van der Waals surface area contributed by atoms with Crippen molar-refractivity contribution in [1.82, 2.24) is 5.32 Å². The lowest BCUT2D eigenvalue weighted by Gasteiger charge is -2.28. The second-order valence-corrected chi connectivity index (χ2v) is 4.60. The van der Waals surface area contributed by atoms with E-state index in [1.165, 1.54) is 6.07 Å². The van der Waals surface area contributed by atoms with Gasteiger partial charge in [0.15, 0.2) is 5.92 Å². The maximum absolute atomic E-state index is 12.2. The molecule has 1 atom stereocenters. The van der Waals surface area contributed by atoms with Gasteiger partial charge in [0.2, 0.25) is 0 Å². The number of hydrogen-bond acceptors (Lipinski definition) is 2. The van der Waals surface area contributed by atoms with E-state index in [1.54, 1.807) is 0 Å². The Morgan fingerprint density at radius 3 is 2.27 bits per heavy atom. The quantitative estimate of drug-likeness (QED) is 0.790. The zero-order chi connectivity index (χ0) is 11.7. The topological polar surface area (TPSA) is 35.8 Å². The summed E-state index contributed by atoms with van der Waals surface area (Å²) in [6.07, 6.45) is -2.31. The number of nitriles is 1. The van der Waals surface area contributed by atoms with Crippen LogP contribution >= 0.6 is 0 Å². The first-order valence-electron chi connectivity index (χ1n) is 4.98. The van der Waals surface area contributed by atoms with Gasteiger partial charge in [0.25, 0.3) is 0 Å². The summed E-state index contributed by atoms with van der Waals surface area (Å²) in [4.78, 5) is 0. The van der Waals surface area contributed by atoms with Crippen LogP contribution < -0.4 is 5.32 Å². The maximum atomic E-state index is 12.2. The van der Waals surface area contributed by atoms with E-state index in [1.807, 2.05) is 13.8 Å². The molecule has 5 heteroatoms. The normalized spacial score (nSPS) is 19.7. The summed E-state index contributed by atoms with van der Waals surface area (Å²) in [5.74, 6) is -1.46. The van der Waals surface area contributed by atoms with Crippen LogP contribution in [0.5, 0.6) is 0 Å². The molecule has 0 aromatic carbocycles. The Morgan fingerprint density at radius 2 is 1.93 bits per heavy atom. The molecule has 2 nitrogen and oxygen atoms in total. The molecule has 0 aromatic rings. The Bertz CT molecular complexity index is 261. The van der Waals surface area contributed by atoms with Crippen LogP contribution in [0.15, 0.2) is 0 Å². The first kappa shape index (κ1) is 12.3. The summed E-state index contributed by atoms with van der Waals surface area (Å²) in [7, 11) is 0. The molecule has 0 saturated heterocycles. The Hall–Kier alpha value is -0.760. The largest absolute Gasteiger partial charge is 0.405 e. The van der Waals surface area contributed by atoms with Crippen LogP contribution in [0.1, 0.15) is 26.7 Å². The van der Waals surface area contributed by atoms with E-state index in [4.69, 9.17) is 5.26 Å². The molecule has 1 fully saturated rings. The highest BCUT2D eigenvalue weighted by molar-refractivity contribution is 4.97. The highest BCUT2D eigenvalue weighted by atomic mass is 19.4. The maximum Gasteiger partial charge on any atom is 0.405 e. The summed E-state index contributed by atoms with van der Waals surface area (Å²) in [5, 5.41) is 11.2. The highest BCUT2D eigenvalue weighted by Crippen LogP contribution is 2.39. The Morgan fingerprint density at radius 1 is 1.40 bits per heavy atom. The van der Waals surface area contributed by atoms with Crippen molar-refractivity contribution in [3.8, 4) is 6.07 Å². The van der Waals surface area contributed by atoms with Crippen molar-refractivity contribution >= 4 is 0 Å². The van der Waals surface area contributed by atoms with Crippen LogP contribution in [0.4, 0.5) is 13.2 Å². The second kappa shape index (κ2) is 4.01. The molecule has 1 saturated carbocycles. The summed E-state index contributed by atoms with van der Waals surface area (Å²) in [6, 6.07) is 1.29. The fourth-order valence-electron chi connectivity index (χ4n) is 1.55. The molecule has 1 N–H and O–H groups in total. The predicted octanol–water partition coefficient (Wildman–Crippen LogP) is 2.47. The zero-order valence-corrected chi connectivity index (χ0v) is 8.86. The fraction of sp³-hybridized carbons (Fsp3) is 0.900. The molecule has 0 spiro atoms. The molecule has 0 bridgehead atoms. The monoisotopic (exact) mass is 220 g/mol. The van der Waals surface area contributed by atoms with Gasteiger partial charge in [-0.15, -0.1) is 0 Å². The van der Waals surface area contributed by atoms with Crippen molar-refractivity contribution in [3.63, 3.8) is 0 Å². The van der Waals surface area contributed by atoms with Gasteiger partial charge in [-0.25, -0.2) is 0 Å². The molecule has 0 heterocycles. The Kier molecular flexibility index (Phi) is 3.29. The number of rotatable bonds is 4. The summed E-state index contributed by atoms with van der Waals surface area (Å²) in [6.45, 7) is 3.45. The van der Waals surface area contributed by atoms with Gasteiger partial charge in [-0.1, -0.05) is 0 Å². The molecule has 1 aliphatic carbocycles. The number of alkyl halides is 3. The van der Waals surface area contributed by atoms with Gasteiger partial charge in [0.05, 0.1) is 6.07 Å². The summed E-state index contributed by atoms with van der Waals surface area (Å²) >= 11 is 0. The van der Waals surface area contributed by atoms with Crippen molar-refractivity contribution in [2.75, 3.05) is 6.54 Å². The van der Waals surface area contributed by atoms with Crippen molar-refractivity contribution < 1.29 is 13.2 Å². The van der Waals surface area contributed by atoms with Crippen molar-refractivity contribution in [1.29, 1.82) is 5.26 Å². The smallest absolute Gasteiger partial charge is 0.310 e. The van der Waals surface area contributed by atoms with Crippen molar-refractivity contribution in [2.45, 2.75) is 38.4 Å². The lowest BCUT2D eigenvalue weighted by molar-refractivity contribution is -0.158. The molecular weight excluding hydrogens is 205 g/mol. The number of hydrogen-bond donors (Lipinski definition) is 1. The van der Waals surface area contributed by atoms with E-state index >= 15 is 0 Å². The first-order valence-corrected chi connectivity index (χ1v) is 4.98. The third-order valence-electron chi connectivity index (χ3n) is 2.91. The summed E-state index contributed by atoms with van der Waals surface area (Å²) in [5.41, 5.74) is -0.291. The van der Waals surface area contributed by atoms with Gasteiger partial charge in [-0.05, 0) is 32.6 Å². The first-order chi connectivity index (χ1) is 6.77. The second-order valence-electron chi connectivity index (χ2n) is 4.60. The van der Waals surface area contributed by atoms with Gasteiger partial charge in [0.1, 0.15) is 0 Å². The number of halogens is 3. The van der Waals surface area contributed by atoms with Crippen LogP contribution in [0.2, 0.25) is 0 Å². The van der Waals surface area contributed by atoms with Crippen LogP contribution in [-0.2, 0) is 0 Å². The predicted molar refractivity (Wildman–Crippen MR) is 50.0 cm³/mol. The van der Waals surface area contributed by atoms with Crippen LogP contribution in [-0.4, -0.2) is 18.3 Å². The molecule has 86 valence electrons. The third kappa shape index (κ3) is 3.38. The highest BCUT2D eigenvalue weighted by Gasteiger charge is 2.43. The minimum atomic E-state index is -4.43. The van der Waals surface area contributed by atoms with E-state index in [9.17, 15) is 13.2 Å². The number of nitrogens with zero attached hydrogens (tertiary/aromatic N) is 1. The fourth-order valence-corrected chi connectivity index (χ4v) is 1.55. The van der Waals surface area contributed by atoms with Gasteiger partial charge < -0.3 is 5.32 Å². The molecule has 1 unspecified atom stereocenters. The molecule has 1 aliphatic rings. The van der Waals surface area contributed by atoms with Gasteiger partial charge >= 0.3 is 6.18 Å². The lowest BCUT2D eigenvalue weighted by atomic mass is 9.97. The average Bonchev–Trinajstić information content (AvgIpc) is 2.84. The molecular formula is C10H15F3N2. The zero-order valence-electron chi connectivity index (χ0n) is 8.86. The molecule has 0 radical (unpaired) electrons. The molecule has 1 rings (SSSR count). The van der Waals surface area contributed by atoms with Gasteiger partial charge in [-0.2, -0.15) is 18.4 Å². The molecule has 0 aromatic heterocycles. The van der Waals surface area contributed by atoms with E-state index < -0.39 is 12.1 Å². The van der Waals surface area contributed by atoms with Crippen LogP contribution in [0, 0.1) is 23.2 Å². The minimum Gasteiger partial charge on any atom is -0.310 e. The third-order valence-corrected chi connectivity index (χ3v) is 2.91. The van der Waals surface area contributed by atoms with E-state index in [2.05, 4.69) is 5.32 Å². The van der Waals surface area contributed by atoms with Crippen molar-refractivity contribution in [3.05, 3.63) is 0 Å². The molecule has 0 amide bonds. The van der Waals surface area contributed by atoms with E-state index in [0.29, 0.717) is 5.92 Å². The van der Waals surface area contributed by atoms with Gasteiger partial charge in [0, 0.05) is 12.1 Å². The minimum absolute atomic E-state index is 0.291. The Labute approximate surface area is 87.5 Å². The lowest BCUT2D eigenvalue weighted by Crippen LogP contribution is -2.46. The van der Waals surface area contributed by atoms with Gasteiger partial charge in [-0.3, -0.25) is 0 Å². The SMILES string of the molecule is CC(C)(NCC(C#N)C(F)(F)F)C1CC1. The van der Waals surface area contributed by atoms with Crippen molar-refractivity contribution in [2.24, 2.45) is 11.8 Å². The molecule has 15 heavy (non-hydrogen) atoms. The molecule has 0 aliphatic heterocycles. The number of nitrogens with one attached hydrogen (secondary N) is 1. The Balaban J connectivity index is 2.44. The average molecular weight is 220 g/mol. The standard InChI is InChI=1S/C10H15F3N2/c1-9(2,7-3-4-7)15-6-8(5-14)10(11,12)13/h7-8,15H,3-4,6H2,1-2H3. The van der Waals surface area contributed by atoms with E-state index in [0.717, 1.165) is 12.8 Å². The van der Waals surface area contributed by atoms with E-state index in [-0.39, 0.29) is 12.1 Å². The van der Waals surface area contributed by atoms with Crippen LogP contribution in [0.3, 0.4) is 0 Å². The van der Waals surface area contributed by atoms with Crippen LogP contribution in [0.25, 0.3) is 0 Å². The summed E-state index contributed by atoms with van der Waals surface area (Å²) < 4.78 is 36.7.